The van der Waals surface area contributed by atoms with Crippen molar-refractivity contribution in [2.45, 2.75) is 31.5 Å². The molecule has 0 saturated heterocycles. The summed E-state index contributed by atoms with van der Waals surface area (Å²) in [5.74, 6) is -0.222. The Morgan fingerprint density at radius 3 is 2.73 bits per heavy atom. The fraction of sp³-hybridized carbons (Fsp3) is 0.318. The number of ether oxygens (including phenoxy) is 1. The molecule has 0 radical (unpaired) electrons. The summed E-state index contributed by atoms with van der Waals surface area (Å²) in [5.41, 5.74) is 2.51. The van der Waals surface area contributed by atoms with Crippen LogP contribution in [0.5, 0.6) is 5.88 Å². The number of fused-ring (bicyclic) bond motifs is 1. The van der Waals surface area contributed by atoms with Crippen LogP contribution in [0.1, 0.15) is 36.6 Å². The largest absolute Gasteiger partial charge is 0.468 e. The van der Waals surface area contributed by atoms with E-state index in [1.54, 1.807) is 13.0 Å². The van der Waals surface area contributed by atoms with Crippen LogP contribution in [-0.2, 0) is 4.79 Å². The number of rotatable bonds is 6. The van der Waals surface area contributed by atoms with Crippen LogP contribution in [0.3, 0.4) is 0 Å². The standard InChI is InChI=1S/C22H20F3N3O2/c1-13(15-7-9-20(26-11-15)30-12-22(23,24)25)27-21(29)17-10-16(17)19-8-6-14-4-2-3-5-18(14)28-19/h2-9,11,13,16-17H,10,12H2,1H3,(H,27,29)/t13-,16-,17-/m1/s1. The summed E-state index contributed by atoms with van der Waals surface area (Å²) in [4.78, 5) is 21.2. The highest BCUT2D eigenvalue weighted by molar-refractivity contribution is 5.84. The number of halogens is 3. The number of carbonyl (C=O) groups excluding carboxylic acids is 1. The summed E-state index contributed by atoms with van der Waals surface area (Å²) >= 11 is 0. The third-order valence-electron chi connectivity index (χ3n) is 5.13. The van der Waals surface area contributed by atoms with Gasteiger partial charge < -0.3 is 10.1 Å². The molecule has 1 fully saturated rings. The number of benzene rings is 1. The number of nitrogens with zero attached hydrogens (tertiary/aromatic N) is 2. The van der Waals surface area contributed by atoms with Crippen LogP contribution in [0, 0.1) is 5.92 Å². The summed E-state index contributed by atoms with van der Waals surface area (Å²) < 4.78 is 41.2. The number of pyridine rings is 2. The topological polar surface area (TPSA) is 64.1 Å². The van der Waals surface area contributed by atoms with Crippen molar-refractivity contribution in [1.82, 2.24) is 15.3 Å². The lowest BCUT2D eigenvalue weighted by molar-refractivity contribution is -0.154. The first-order valence-corrected chi connectivity index (χ1v) is 9.62. The normalized spacial score (nSPS) is 19.3. The SMILES string of the molecule is C[C@@H](NC(=O)[C@@H]1C[C@H]1c1ccc2ccccc2n1)c1ccc(OCC(F)(F)F)nc1. The molecule has 1 aliphatic carbocycles. The minimum absolute atomic E-state index is 0.0696. The highest BCUT2D eigenvalue weighted by Crippen LogP contribution is 2.47. The fourth-order valence-corrected chi connectivity index (χ4v) is 3.39. The van der Waals surface area contributed by atoms with E-state index in [4.69, 9.17) is 0 Å². The van der Waals surface area contributed by atoms with Gasteiger partial charge in [-0.2, -0.15) is 13.2 Å². The van der Waals surface area contributed by atoms with Crippen molar-refractivity contribution in [2.24, 2.45) is 5.92 Å². The summed E-state index contributed by atoms with van der Waals surface area (Å²) in [7, 11) is 0. The smallest absolute Gasteiger partial charge is 0.422 e. The van der Waals surface area contributed by atoms with Crippen LogP contribution >= 0.6 is 0 Å². The summed E-state index contributed by atoms with van der Waals surface area (Å²) in [6, 6.07) is 14.5. The van der Waals surface area contributed by atoms with Crippen molar-refractivity contribution in [3.05, 3.63) is 66.0 Å². The van der Waals surface area contributed by atoms with E-state index < -0.39 is 12.8 Å². The first kappa shape index (κ1) is 20.1. The molecule has 2 aromatic heterocycles. The molecule has 3 aromatic rings. The van der Waals surface area contributed by atoms with E-state index in [0.29, 0.717) is 5.56 Å². The highest BCUT2D eigenvalue weighted by Gasteiger charge is 2.45. The predicted molar refractivity (Wildman–Crippen MR) is 105 cm³/mol. The number of aromatic nitrogens is 2. The number of nitrogens with one attached hydrogen (secondary N) is 1. The average Bonchev–Trinajstić information content (AvgIpc) is 3.53. The van der Waals surface area contributed by atoms with Gasteiger partial charge in [-0.3, -0.25) is 9.78 Å². The number of hydrogen-bond acceptors (Lipinski definition) is 4. The van der Waals surface area contributed by atoms with Crippen LogP contribution in [0.4, 0.5) is 13.2 Å². The molecule has 1 aromatic carbocycles. The Balaban J connectivity index is 1.33. The van der Waals surface area contributed by atoms with Gasteiger partial charge in [-0.1, -0.05) is 30.3 Å². The van der Waals surface area contributed by atoms with Crippen molar-refractivity contribution in [1.29, 1.82) is 0 Å². The maximum Gasteiger partial charge on any atom is 0.422 e. The molecule has 4 rings (SSSR count). The van der Waals surface area contributed by atoms with Gasteiger partial charge in [-0.25, -0.2) is 4.98 Å². The van der Waals surface area contributed by atoms with E-state index in [1.165, 1.54) is 12.3 Å². The van der Waals surface area contributed by atoms with E-state index >= 15 is 0 Å². The first-order chi connectivity index (χ1) is 14.3. The summed E-state index contributed by atoms with van der Waals surface area (Å²) in [5, 5.41) is 4.00. The number of carbonyl (C=O) groups is 1. The molecular formula is C22H20F3N3O2. The molecule has 2 heterocycles. The van der Waals surface area contributed by atoms with Gasteiger partial charge in [-0.15, -0.1) is 0 Å². The molecule has 156 valence electrons. The van der Waals surface area contributed by atoms with Crippen molar-refractivity contribution in [2.75, 3.05) is 6.61 Å². The van der Waals surface area contributed by atoms with E-state index in [1.807, 2.05) is 36.4 Å². The first-order valence-electron chi connectivity index (χ1n) is 9.62. The minimum atomic E-state index is -4.41. The molecule has 1 saturated carbocycles. The highest BCUT2D eigenvalue weighted by atomic mass is 19.4. The Morgan fingerprint density at radius 1 is 1.20 bits per heavy atom. The Kier molecular flexibility index (Phi) is 5.32. The third kappa shape index (κ3) is 4.69. The molecule has 1 N–H and O–H groups in total. The number of amides is 1. The average molecular weight is 415 g/mol. The van der Waals surface area contributed by atoms with Crippen molar-refractivity contribution in [3.63, 3.8) is 0 Å². The molecule has 3 atom stereocenters. The maximum absolute atomic E-state index is 12.6. The van der Waals surface area contributed by atoms with Crippen LogP contribution < -0.4 is 10.1 Å². The van der Waals surface area contributed by atoms with Crippen LogP contribution in [0.25, 0.3) is 10.9 Å². The fourth-order valence-electron chi connectivity index (χ4n) is 3.39. The van der Waals surface area contributed by atoms with Crippen molar-refractivity contribution in [3.8, 4) is 5.88 Å². The van der Waals surface area contributed by atoms with E-state index in [0.717, 1.165) is 23.0 Å². The van der Waals surface area contributed by atoms with Gasteiger partial charge in [0.2, 0.25) is 11.8 Å². The van der Waals surface area contributed by atoms with E-state index in [-0.39, 0.29) is 29.7 Å². The van der Waals surface area contributed by atoms with Gasteiger partial charge in [0.05, 0.1) is 11.6 Å². The van der Waals surface area contributed by atoms with Gasteiger partial charge in [0.25, 0.3) is 0 Å². The van der Waals surface area contributed by atoms with Crippen molar-refractivity contribution < 1.29 is 22.7 Å². The van der Waals surface area contributed by atoms with Crippen LogP contribution in [-0.4, -0.2) is 28.7 Å². The van der Waals surface area contributed by atoms with E-state index in [2.05, 4.69) is 20.0 Å². The maximum atomic E-state index is 12.6. The Morgan fingerprint density at radius 2 is 2.00 bits per heavy atom. The Labute approximate surface area is 171 Å². The zero-order chi connectivity index (χ0) is 21.3. The number of alkyl halides is 3. The van der Waals surface area contributed by atoms with Gasteiger partial charge >= 0.3 is 6.18 Å². The molecule has 0 spiro atoms. The number of para-hydroxylation sites is 1. The summed E-state index contributed by atoms with van der Waals surface area (Å²) in [6.07, 6.45) is -2.26. The third-order valence-corrected chi connectivity index (χ3v) is 5.13. The second-order valence-electron chi connectivity index (χ2n) is 7.44. The van der Waals surface area contributed by atoms with Gasteiger partial charge in [0.1, 0.15) is 0 Å². The molecule has 1 amide bonds. The number of hydrogen-bond donors (Lipinski definition) is 1. The molecule has 0 bridgehead atoms. The van der Waals surface area contributed by atoms with Crippen LogP contribution in [0.2, 0.25) is 0 Å². The molecule has 1 aliphatic rings. The van der Waals surface area contributed by atoms with Crippen LogP contribution in [0.15, 0.2) is 54.7 Å². The summed E-state index contributed by atoms with van der Waals surface area (Å²) in [6.45, 7) is 0.411. The molecule has 30 heavy (non-hydrogen) atoms. The van der Waals surface area contributed by atoms with E-state index in [9.17, 15) is 18.0 Å². The lowest BCUT2D eigenvalue weighted by Gasteiger charge is -2.15. The zero-order valence-electron chi connectivity index (χ0n) is 16.2. The Hall–Kier alpha value is -3.16. The van der Waals surface area contributed by atoms with Gasteiger partial charge in [0.15, 0.2) is 6.61 Å². The lowest BCUT2D eigenvalue weighted by atomic mass is 10.1. The Bertz CT molecular complexity index is 1050. The molecule has 0 unspecified atom stereocenters. The van der Waals surface area contributed by atoms with Gasteiger partial charge in [-0.05, 0) is 31.0 Å². The van der Waals surface area contributed by atoms with Gasteiger partial charge in [0, 0.05) is 35.2 Å². The quantitative estimate of drug-likeness (QED) is 0.642. The van der Waals surface area contributed by atoms with Crippen molar-refractivity contribution >= 4 is 16.8 Å². The monoisotopic (exact) mass is 415 g/mol. The molecule has 0 aliphatic heterocycles. The molecule has 5 nitrogen and oxygen atoms in total. The molecular weight excluding hydrogens is 395 g/mol. The predicted octanol–water partition coefficient (Wildman–Crippen LogP) is 4.55. The second-order valence-corrected chi connectivity index (χ2v) is 7.44. The molecule has 8 heteroatoms. The minimum Gasteiger partial charge on any atom is -0.468 e. The lowest BCUT2D eigenvalue weighted by Crippen LogP contribution is -2.28. The second kappa shape index (κ2) is 7.93. The zero-order valence-corrected chi connectivity index (χ0v) is 16.2.